The van der Waals surface area contributed by atoms with Gasteiger partial charge in [-0.2, -0.15) is 5.10 Å². The lowest BCUT2D eigenvalue weighted by Gasteiger charge is -2.11. The molecule has 0 aliphatic carbocycles. The van der Waals surface area contributed by atoms with E-state index in [1.165, 1.54) is 12.1 Å². The fourth-order valence-corrected chi connectivity index (χ4v) is 3.29. The number of nitrogens with one attached hydrogen (secondary N) is 1. The van der Waals surface area contributed by atoms with Gasteiger partial charge in [-0.25, -0.2) is 9.37 Å². The van der Waals surface area contributed by atoms with E-state index in [0.717, 1.165) is 12.1 Å². The molecule has 4 rings (SSSR count). The predicted molar refractivity (Wildman–Crippen MR) is 111 cm³/mol. The van der Waals surface area contributed by atoms with Crippen molar-refractivity contribution in [3.05, 3.63) is 76.8 Å². The normalized spacial score (nSPS) is 11.0. The molecule has 2 heterocycles. The Labute approximate surface area is 169 Å². The number of aromatic nitrogens is 3. The lowest BCUT2D eigenvalue weighted by molar-refractivity contribution is 0.102. The van der Waals surface area contributed by atoms with E-state index in [-0.39, 0.29) is 5.69 Å². The monoisotopic (exact) mass is 438 g/mol. The standard InChI is InChI=1S/C21H16BrFN4O/c1-2-27-12-13(11-24-27)20-10-16(15-5-3-4-6-18(15)25-20)21(28)26-19-8-7-14(22)9-17(19)23/h3-12H,2H2,1H3,(H,26,28). The maximum atomic E-state index is 14.2. The van der Waals surface area contributed by atoms with E-state index in [1.54, 1.807) is 23.0 Å². The van der Waals surface area contributed by atoms with Crippen molar-refractivity contribution in [3.8, 4) is 11.3 Å². The largest absolute Gasteiger partial charge is 0.319 e. The summed E-state index contributed by atoms with van der Waals surface area (Å²) in [6, 6.07) is 13.6. The van der Waals surface area contributed by atoms with Crippen molar-refractivity contribution in [2.24, 2.45) is 0 Å². The average Bonchev–Trinajstić information content (AvgIpc) is 3.18. The number of nitrogens with zero attached hydrogens (tertiary/aromatic N) is 3. The molecule has 28 heavy (non-hydrogen) atoms. The Bertz CT molecular complexity index is 1190. The third-order valence-corrected chi connectivity index (χ3v) is 4.89. The van der Waals surface area contributed by atoms with Crippen LogP contribution >= 0.6 is 15.9 Å². The predicted octanol–water partition coefficient (Wildman–Crippen LogP) is 5.27. The number of pyridine rings is 1. The number of carbonyl (C=O) groups is 1. The molecule has 0 radical (unpaired) electrons. The van der Waals surface area contributed by atoms with Crippen LogP contribution in [0.2, 0.25) is 0 Å². The molecule has 1 N–H and O–H groups in total. The lowest BCUT2D eigenvalue weighted by atomic mass is 10.0. The first-order chi connectivity index (χ1) is 13.5. The van der Waals surface area contributed by atoms with Gasteiger partial charge in [0.25, 0.3) is 5.91 Å². The van der Waals surface area contributed by atoms with Crippen LogP contribution < -0.4 is 5.32 Å². The molecule has 140 valence electrons. The topological polar surface area (TPSA) is 59.8 Å². The number of amides is 1. The molecule has 2 aromatic heterocycles. The molecule has 0 atom stereocenters. The van der Waals surface area contributed by atoms with Crippen LogP contribution in [0.5, 0.6) is 0 Å². The molecule has 1 amide bonds. The first kappa shape index (κ1) is 18.3. The van der Waals surface area contributed by atoms with Crippen LogP contribution in [-0.4, -0.2) is 20.7 Å². The molecule has 2 aromatic carbocycles. The number of aryl methyl sites for hydroxylation is 1. The smallest absolute Gasteiger partial charge is 0.256 e. The second kappa shape index (κ2) is 7.52. The Hall–Kier alpha value is -3.06. The molecular weight excluding hydrogens is 423 g/mol. The van der Waals surface area contributed by atoms with E-state index in [9.17, 15) is 9.18 Å². The number of anilines is 1. The highest BCUT2D eigenvalue weighted by molar-refractivity contribution is 9.10. The fourth-order valence-electron chi connectivity index (χ4n) is 2.96. The molecular formula is C21H16BrFN4O. The minimum atomic E-state index is -0.509. The summed E-state index contributed by atoms with van der Waals surface area (Å²) >= 11 is 3.21. The number of carbonyl (C=O) groups excluding carboxylic acids is 1. The summed E-state index contributed by atoms with van der Waals surface area (Å²) in [6.07, 6.45) is 3.60. The molecule has 0 fully saturated rings. The summed E-state index contributed by atoms with van der Waals surface area (Å²) in [4.78, 5) is 17.6. The maximum Gasteiger partial charge on any atom is 0.256 e. The molecule has 0 saturated carbocycles. The first-order valence-corrected chi connectivity index (χ1v) is 9.53. The van der Waals surface area contributed by atoms with Crippen LogP contribution in [-0.2, 0) is 6.54 Å². The zero-order valence-electron chi connectivity index (χ0n) is 15.0. The minimum Gasteiger partial charge on any atom is -0.319 e. The van der Waals surface area contributed by atoms with Gasteiger partial charge < -0.3 is 5.32 Å². The Morgan fingerprint density at radius 3 is 2.79 bits per heavy atom. The number of benzene rings is 2. The fraction of sp³-hybridized carbons (Fsp3) is 0.0952. The zero-order chi connectivity index (χ0) is 19.7. The van der Waals surface area contributed by atoms with Crippen molar-refractivity contribution in [3.63, 3.8) is 0 Å². The van der Waals surface area contributed by atoms with Gasteiger partial charge in [0.1, 0.15) is 5.82 Å². The summed E-state index contributed by atoms with van der Waals surface area (Å²) in [5.74, 6) is -0.908. The number of hydrogen-bond donors (Lipinski definition) is 1. The van der Waals surface area contributed by atoms with Crippen LogP contribution in [0.3, 0.4) is 0 Å². The average molecular weight is 439 g/mol. The highest BCUT2D eigenvalue weighted by atomic mass is 79.9. The van der Waals surface area contributed by atoms with Crippen molar-refractivity contribution in [1.29, 1.82) is 0 Å². The molecule has 0 unspecified atom stereocenters. The number of fused-ring (bicyclic) bond motifs is 1. The lowest BCUT2D eigenvalue weighted by Crippen LogP contribution is -2.14. The van der Waals surface area contributed by atoms with Crippen LogP contribution in [0.15, 0.2) is 65.4 Å². The Kier molecular flexibility index (Phi) is 4.92. The minimum absolute atomic E-state index is 0.120. The second-order valence-corrected chi connectivity index (χ2v) is 7.15. The van der Waals surface area contributed by atoms with Gasteiger partial charge in [-0.1, -0.05) is 34.1 Å². The summed E-state index contributed by atoms with van der Waals surface area (Å²) in [5.41, 5.74) is 2.68. The highest BCUT2D eigenvalue weighted by Gasteiger charge is 2.16. The van der Waals surface area contributed by atoms with Gasteiger partial charge in [0.15, 0.2) is 0 Å². The summed E-state index contributed by atoms with van der Waals surface area (Å²) in [5, 5.41) is 7.63. The molecule has 0 bridgehead atoms. The highest BCUT2D eigenvalue weighted by Crippen LogP contribution is 2.26. The third-order valence-electron chi connectivity index (χ3n) is 4.39. The van der Waals surface area contributed by atoms with E-state index >= 15 is 0 Å². The second-order valence-electron chi connectivity index (χ2n) is 6.24. The van der Waals surface area contributed by atoms with Gasteiger partial charge in [-0.3, -0.25) is 9.48 Å². The van der Waals surface area contributed by atoms with Crippen molar-refractivity contribution < 1.29 is 9.18 Å². The molecule has 4 aromatic rings. The third kappa shape index (κ3) is 3.53. The van der Waals surface area contributed by atoms with E-state index in [2.05, 4.69) is 31.3 Å². The molecule has 0 spiro atoms. The Morgan fingerprint density at radius 2 is 2.04 bits per heavy atom. The molecule has 0 aliphatic heterocycles. The van der Waals surface area contributed by atoms with E-state index in [4.69, 9.17) is 0 Å². The van der Waals surface area contributed by atoms with Gasteiger partial charge in [0.2, 0.25) is 0 Å². The van der Waals surface area contributed by atoms with Crippen LogP contribution in [0, 0.1) is 5.82 Å². The number of rotatable bonds is 4. The number of hydrogen-bond acceptors (Lipinski definition) is 3. The van der Waals surface area contributed by atoms with E-state index in [0.29, 0.717) is 26.6 Å². The van der Waals surface area contributed by atoms with Gasteiger partial charge in [0.05, 0.1) is 28.7 Å². The van der Waals surface area contributed by atoms with Crippen molar-refractivity contribution in [2.75, 3.05) is 5.32 Å². The summed E-state index contributed by atoms with van der Waals surface area (Å²) < 4.78 is 16.6. The van der Waals surface area contributed by atoms with Gasteiger partial charge in [-0.15, -0.1) is 0 Å². The SMILES string of the molecule is CCn1cc(-c2cc(C(=O)Nc3ccc(Br)cc3F)c3ccccc3n2)cn1. The van der Waals surface area contributed by atoms with Crippen LogP contribution in [0.1, 0.15) is 17.3 Å². The number of para-hydroxylation sites is 1. The quantitative estimate of drug-likeness (QED) is 0.471. The van der Waals surface area contributed by atoms with Gasteiger partial charge in [0, 0.05) is 28.2 Å². The molecule has 0 aliphatic rings. The van der Waals surface area contributed by atoms with Crippen molar-refractivity contribution >= 4 is 38.4 Å². The van der Waals surface area contributed by atoms with Gasteiger partial charge >= 0.3 is 0 Å². The molecule has 7 heteroatoms. The van der Waals surface area contributed by atoms with Crippen molar-refractivity contribution in [2.45, 2.75) is 13.5 Å². The van der Waals surface area contributed by atoms with Gasteiger partial charge in [-0.05, 0) is 37.3 Å². The van der Waals surface area contributed by atoms with Crippen LogP contribution in [0.25, 0.3) is 22.2 Å². The van der Waals surface area contributed by atoms with E-state index < -0.39 is 11.7 Å². The van der Waals surface area contributed by atoms with Crippen molar-refractivity contribution in [1.82, 2.24) is 14.8 Å². The molecule has 0 saturated heterocycles. The summed E-state index contributed by atoms with van der Waals surface area (Å²) in [6.45, 7) is 2.74. The maximum absolute atomic E-state index is 14.2. The van der Waals surface area contributed by atoms with Crippen LogP contribution in [0.4, 0.5) is 10.1 Å². The zero-order valence-corrected chi connectivity index (χ0v) is 16.6. The van der Waals surface area contributed by atoms with E-state index in [1.807, 2.05) is 37.4 Å². The summed E-state index contributed by atoms with van der Waals surface area (Å²) in [7, 11) is 0. The first-order valence-electron chi connectivity index (χ1n) is 8.74. The Morgan fingerprint density at radius 1 is 1.21 bits per heavy atom. The molecule has 5 nitrogen and oxygen atoms in total. The number of halogens is 2. The Balaban J connectivity index is 1.79.